The van der Waals surface area contributed by atoms with Gasteiger partial charge in [0, 0.05) is 52.0 Å². The Morgan fingerprint density at radius 1 is 0.222 bits per heavy atom. The number of rotatable bonds is 9. The van der Waals surface area contributed by atoms with Crippen LogP contribution in [0.15, 0.2) is 237 Å². The Bertz CT molecular complexity index is 3710. The molecule has 16 rings (SSSR count). The second kappa shape index (κ2) is 18.8. The third-order valence-corrected chi connectivity index (χ3v) is 14.7. The van der Waals surface area contributed by atoms with Gasteiger partial charge >= 0.3 is 21.4 Å². The lowest BCUT2D eigenvalue weighted by atomic mass is 9.56. The summed E-state index contributed by atoms with van der Waals surface area (Å²) in [6.07, 6.45) is 5.44. The molecule has 18 nitrogen and oxygen atoms in total. The highest BCUT2D eigenvalue weighted by Crippen LogP contribution is 2.56. The first-order valence-electron chi connectivity index (χ1n) is 26.4. The van der Waals surface area contributed by atoms with Crippen LogP contribution in [-0.4, -0.2) is 81.2 Å². The summed E-state index contributed by atoms with van der Waals surface area (Å²) in [5.74, 6) is 6.01. The molecule has 4 aliphatic rings. The molecule has 0 bridgehead atoms. The Morgan fingerprint density at radius 2 is 0.432 bits per heavy atom. The molecular weight excluding hydrogens is 1010 g/mol. The number of benzene rings is 6. The summed E-state index contributed by atoms with van der Waals surface area (Å²) >= 11 is 0. The van der Waals surface area contributed by atoms with Gasteiger partial charge in [-0.25, -0.2) is 29.9 Å². The fourth-order valence-corrected chi connectivity index (χ4v) is 11.2. The molecule has 0 saturated carbocycles. The molecule has 1 fully saturated rings. The summed E-state index contributed by atoms with van der Waals surface area (Å²) < 4.78 is 6.78. The number of fused-ring (bicyclic) bond motifs is 12. The average molecular weight is 1040 g/mol. The van der Waals surface area contributed by atoms with E-state index >= 15 is 0 Å². The quantitative estimate of drug-likeness (QED) is 0.125. The Hall–Kier alpha value is -11.2. The molecule has 4 aliphatic heterocycles. The van der Waals surface area contributed by atoms with Gasteiger partial charge in [0.2, 0.25) is 17.8 Å². The van der Waals surface area contributed by atoms with Crippen LogP contribution in [0.3, 0.4) is 0 Å². The van der Waals surface area contributed by atoms with Crippen LogP contribution >= 0.6 is 0 Å². The van der Waals surface area contributed by atoms with Gasteiger partial charge < -0.3 is 28.6 Å². The van der Waals surface area contributed by atoms with Crippen LogP contribution in [0.2, 0.25) is 0 Å². The zero-order valence-electron chi connectivity index (χ0n) is 42.8. The van der Waals surface area contributed by atoms with E-state index in [1.165, 1.54) is 0 Å². The molecular formula is C60H39B3N18. The highest BCUT2D eigenvalue weighted by molar-refractivity contribution is 7.11. The van der Waals surface area contributed by atoms with Crippen molar-refractivity contribution in [2.45, 2.75) is 0 Å². The van der Waals surface area contributed by atoms with Crippen LogP contribution < -0.4 is 28.6 Å². The van der Waals surface area contributed by atoms with Gasteiger partial charge in [-0.15, -0.1) is 0 Å². The molecule has 0 aliphatic carbocycles. The predicted octanol–water partition coefficient (Wildman–Crippen LogP) is 10.7. The van der Waals surface area contributed by atoms with E-state index in [0.29, 0.717) is 70.2 Å². The molecule has 10 heterocycles. The maximum atomic E-state index is 5.41. The van der Waals surface area contributed by atoms with Gasteiger partial charge in [-0.3, -0.25) is 0 Å². The van der Waals surface area contributed by atoms with Gasteiger partial charge in [-0.1, -0.05) is 182 Å². The van der Waals surface area contributed by atoms with Crippen molar-refractivity contribution in [3.8, 4) is 68.3 Å². The zero-order valence-corrected chi connectivity index (χ0v) is 42.8. The smallest absolute Gasteiger partial charge is 0.366 e. The maximum absolute atomic E-state index is 5.41. The molecule has 0 atom stereocenters. The minimum absolute atomic E-state index is 0.378. The minimum Gasteiger partial charge on any atom is -0.366 e. The van der Waals surface area contributed by atoms with Crippen LogP contribution in [0.5, 0.6) is 0 Å². The summed E-state index contributed by atoms with van der Waals surface area (Å²) in [5, 5.41) is 0. The summed E-state index contributed by atoms with van der Waals surface area (Å²) in [5.41, 5.74) is 7.16. The minimum atomic E-state index is -0.820. The van der Waals surface area contributed by atoms with Gasteiger partial charge in [0.25, 0.3) is 0 Å². The van der Waals surface area contributed by atoms with Crippen molar-refractivity contribution >= 4 is 73.7 Å². The van der Waals surface area contributed by atoms with Crippen molar-refractivity contribution in [3.63, 3.8) is 0 Å². The van der Waals surface area contributed by atoms with E-state index in [0.717, 1.165) is 50.4 Å². The summed E-state index contributed by atoms with van der Waals surface area (Å²) in [6.45, 7) is 0. The second-order valence-corrected chi connectivity index (χ2v) is 19.5. The fourth-order valence-electron chi connectivity index (χ4n) is 11.2. The first kappa shape index (κ1) is 45.9. The molecule has 21 heteroatoms. The summed E-state index contributed by atoms with van der Waals surface area (Å²) in [6, 6.07) is 71.9. The lowest BCUT2D eigenvalue weighted by Gasteiger charge is -2.49. The molecule has 81 heavy (non-hydrogen) atoms. The van der Waals surface area contributed by atoms with E-state index in [1.807, 2.05) is 219 Å². The van der Waals surface area contributed by atoms with E-state index in [-0.39, 0.29) is 0 Å². The Labute approximate surface area is 465 Å². The molecule has 6 aromatic heterocycles. The van der Waals surface area contributed by atoms with Gasteiger partial charge in [-0.05, 0) is 36.4 Å². The normalized spacial score (nSPS) is 13.7. The number of nitrogens with zero attached hydrogens (tertiary/aromatic N) is 18. The molecule has 0 radical (unpaired) electrons. The van der Waals surface area contributed by atoms with Crippen LogP contribution in [0.4, 0.5) is 52.4 Å². The SMILES string of the molecule is c1ccc(-c2nc(-c3ccccc3)nc(N3B4N(B5N(B6N4c4ncccc4N6c4nc(-c6ccccc6)nc(-c6ccccc6)n4)c4ncccc4N5c4nc(-c5ccccc5)nc(-c5ccccc5)n4)c4ncccc43)n2)cc1. The van der Waals surface area contributed by atoms with Gasteiger partial charge in [0.1, 0.15) is 17.5 Å². The molecule has 0 spiro atoms. The summed E-state index contributed by atoms with van der Waals surface area (Å²) in [4.78, 5) is 70.2. The Kier molecular flexibility index (Phi) is 10.6. The highest BCUT2D eigenvalue weighted by atomic mass is 15.6. The summed E-state index contributed by atoms with van der Waals surface area (Å²) in [7, 11) is -2.46. The maximum Gasteiger partial charge on any atom is 0.494 e. The molecule has 378 valence electrons. The Morgan fingerprint density at radius 3 is 0.642 bits per heavy atom. The third kappa shape index (κ3) is 7.54. The van der Waals surface area contributed by atoms with Crippen molar-refractivity contribution < 1.29 is 0 Å². The molecule has 12 aromatic rings. The van der Waals surface area contributed by atoms with E-state index in [1.54, 1.807) is 0 Å². The van der Waals surface area contributed by atoms with Gasteiger partial charge in [0.05, 0.1) is 17.1 Å². The number of hydrogen-bond acceptors (Lipinski definition) is 18. The Balaban J connectivity index is 0.985. The average Bonchev–Trinajstić information content (AvgIpc) is 4.39. The molecule has 1 saturated heterocycles. The van der Waals surface area contributed by atoms with E-state index in [4.69, 9.17) is 59.8 Å². The standard InChI is InChI=1S/C60H39B3N18/c1-7-22-40(23-8-1)49-67-50(41-24-9-2-10-25-41)71-58(70-49)76-46-34-19-37-64-55(46)79-61(76)80-56-47(35-20-38-65-56)77(59-72-51(42-26-11-3-12-27-42)68-52(73-59)43-28-13-4-14-29-43)63(80)81-57-48(36-21-39-66-57)78(62(79)81)60-74-53(44-30-15-5-16-31-44)69-54(75-60)45-32-17-6-18-33-45/h1-39H. The monoisotopic (exact) mass is 1040 g/mol. The first-order valence-corrected chi connectivity index (χ1v) is 26.4. The molecule has 0 N–H and O–H groups in total. The second-order valence-electron chi connectivity index (χ2n) is 19.5. The molecule has 6 aromatic carbocycles. The van der Waals surface area contributed by atoms with Crippen molar-refractivity contribution in [2.24, 2.45) is 0 Å². The molecule has 0 unspecified atom stereocenters. The van der Waals surface area contributed by atoms with Crippen LogP contribution in [0.25, 0.3) is 68.3 Å². The lowest BCUT2D eigenvalue weighted by molar-refractivity contribution is 1.03. The predicted molar refractivity (Wildman–Crippen MR) is 316 cm³/mol. The van der Waals surface area contributed by atoms with Crippen LogP contribution in [-0.2, 0) is 0 Å². The molecule has 0 amide bonds. The van der Waals surface area contributed by atoms with E-state index in [2.05, 4.69) is 46.8 Å². The fraction of sp³-hybridized carbons (Fsp3) is 0. The number of hydrogen-bond donors (Lipinski definition) is 0. The first-order chi connectivity index (χ1) is 40.2. The van der Waals surface area contributed by atoms with Crippen molar-refractivity contribution in [1.29, 1.82) is 0 Å². The third-order valence-electron chi connectivity index (χ3n) is 14.7. The number of anilines is 9. The number of aromatic nitrogens is 12. The highest BCUT2D eigenvalue weighted by Gasteiger charge is 2.72. The van der Waals surface area contributed by atoms with Crippen molar-refractivity contribution in [2.75, 3.05) is 28.6 Å². The van der Waals surface area contributed by atoms with Crippen LogP contribution in [0.1, 0.15) is 0 Å². The number of pyridine rings is 3. The van der Waals surface area contributed by atoms with Gasteiger partial charge in [0.15, 0.2) is 34.9 Å². The van der Waals surface area contributed by atoms with Crippen molar-refractivity contribution in [3.05, 3.63) is 237 Å². The van der Waals surface area contributed by atoms with E-state index in [9.17, 15) is 0 Å². The lowest BCUT2D eigenvalue weighted by Crippen LogP contribution is -2.84. The topological polar surface area (TPSA) is 174 Å². The van der Waals surface area contributed by atoms with Crippen LogP contribution in [0, 0.1) is 0 Å². The van der Waals surface area contributed by atoms with E-state index < -0.39 is 21.4 Å². The van der Waals surface area contributed by atoms with Crippen molar-refractivity contribution in [1.82, 2.24) is 59.8 Å². The zero-order chi connectivity index (χ0) is 53.4. The van der Waals surface area contributed by atoms with Gasteiger partial charge in [-0.2, -0.15) is 29.9 Å². The largest absolute Gasteiger partial charge is 0.494 e.